The normalized spacial score (nSPS) is 15.9. The highest BCUT2D eigenvalue weighted by Gasteiger charge is 2.24. The van der Waals surface area contributed by atoms with Crippen LogP contribution in [0.4, 0.5) is 11.6 Å². The second kappa shape index (κ2) is 8.82. The molecule has 2 aromatic heterocycles. The lowest BCUT2D eigenvalue weighted by Crippen LogP contribution is -2.42. The van der Waals surface area contributed by atoms with Gasteiger partial charge in [0.05, 0.1) is 12.2 Å². The fourth-order valence-corrected chi connectivity index (χ4v) is 5.27. The number of rotatable bonds is 6. The van der Waals surface area contributed by atoms with Crippen molar-refractivity contribution in [3.63, 3.8) is 0 Å². The SMILES string of the molecule is CC(=O)Cc1cccc(Nc2ncc3c(n2)-c2nc(CN4CCNCC4)sc2CC3)c1. The van der Waals surface area contributed by atoms with Crippen molar-refractivity contribution >= 4 is 28.8 Å². The third-order valence-corrected chi connectivity index (χ3v) is 6.76. The molecule has 1 aromatic carbocycles. The fraction of sp³-hybridized carbons (Fsp3) is 0.391. The summed E-state index contributed by atoms with van der Waals surface area (Å²) in [6, 6.07) is 7.85. The smallest absolute Gasteiger partial charge is 0.227 e. The van der Waals surface area contributed by atoms with Crippen molar-refractivity contribution in [2.45, 2.75) is 32.7 Å². The number of Topliss-reactive ketones (excluding diaryl/α,β-unsaturated/α-hetero) is 1. The van der Waals surface area contributed by atoms with Crippen LogP contribution < -0.4 is 10.6 Å². The molecule has 1 aliphatic heterocycles. The highest BCUT2D eigenvalue weighted by atomic mass is 32.1. The van der Waals surface area contributed by atoms with Crippen LogP contribution in [0.15, 0.2) is 30.5 Å². The van der Waals surface area contributed by atoms with Crippen LogP contribution in [0.1, 0.15) is 27.9 Å². The van der Waals surface area contributed by atoms with Gasteiger partial charge in [0.25, 0.3) is 0 Å². The monoisotopic (exact) mass is 434 g/mol. The van der Waals surface area contributed by atoms with Gasteiger partial charge in [0.15, 0.2) is 0 Å². The molecule has 1 aliphatic carbocycles. The largest absolute Gasteiger partial charge is 0.324 e. The van der Waals surface area contributed by atoms with Crippen LogP contribution in [0.25, 0.3) is 11.4 Å². The van der Waals surface area contributed by atoms with Crippen molar-refractivity contribution in [1.29, 1.82) is 0 Å². The Bertz CT molecular complexity index is 1110. The van der Waals surface area contributed by atoms with E-state index in [0.717, 1.165) is 73.8 Å². The van der Waals surface area contributed by atoms with Crippen LogP contribution in [0.2, 0.25) is 0 Å². The molecule has 1 saturated heterocycles. The maximum absolute atomic E-state index is 11.4. The van der Waals surface area contributed by atoms with Gasteiger partial charge in [-0.3, -0.25) is 9.69 Å². The van der Waals surface area contributed by atoms with E-state index in [1.807, 2.05) is 41.8 Å². The number of anilines is 2. The third kappa shape index (κ3) is 4.66. The van der Waals surface area contributed by atoms with Gasteiger partial charge >= 0.3 is 0 Å². The summed E-state index contributed by atoms with van der Waals surface area (Å²) in [5.41, 5.74) is 4.98. The van der Waals surface area contributed by atoms with Crippen LogP contribution in [0.5, 0.6) is 0 Å². The first-order chi connectivity index (χ1) is 15.1. The van der Waals surface area contributed by atoms with E-state index in [9.17, 15) is 4.79 Å². The maximum atomic E-state index is 11.4. The topological polar surface area (TPSA) is 83.0 Å². The predicted molar refractivity (Wildman–Crippen MR) is 123 cm³/mol. The molecule has 0 spiro atoms. The molecule has 31 heavy (non-hydrogen) atoms. The minimum atomic E-state index is 0.148. The number of benzene rings is 1. The first-order valence-electron chi connectivity index (χ1n) is 10.8. The van der Waals surface area contributed by atoms with Crippen molar-refractivity contribution in [2.75, 3.05) is 31.5 Å². The van der Waals surface area contributed by atoms with Gasteiger partial charge in [-0.25, -0.2) is 15.0 Å². The molecule has 0 amide bonds. The second-order valence-corrected chi connectivity index (χ2v) is 9.35. The van der Waals surface area contributed by atoms with Gasteiger partial charge in [-0.2, -0.15) is 0 Å². The summed E-state index contributed by atoms with van der Waals surface area (Å²) in [5, 5.41) is 7.87. The number of ketones is 1. The van der Waals surface area contributed by atoms with Crippen molar-refractivity contribution in [1.82, 2.24) is 25.2 Å². The van der Waals surface area contributed by atoms with Gasteiger partial charge in [-0.15, -0.1) is 11.3 Å². The average Bonchev–Trinajstić information content (AvgIpc) is 3.17. The second-order valence-electron chi connectivity index (χ2n) is 8.18. The summed E-state index contributed by atoms with van der Waals surface area (Å²) >= 11 is 1.82. The van der Waals surface area contributed by atoms with E-state index in [-0.39, 0.29) is 5.78 Å². The van der Waals surface area contributed by atoms with Gasteiger partial charge in [0, 0.05) is 49.4 Å². The number of thiazole rings is 1. The summed E-state index contributed by atoms with van der Waals surface area (Å²) in [6.07, 6.45) is 4.30. The van der Waals surface area contributed by atoms with E-state index >= 15 is 0 Å². The fourth-order valence-electron chi connectivity index (χ4n) is 4.16. The maximum Gasteiger partial charge on any atom is 0.227 e. The first kappa shape index (κ1) is 20.2. The molecule has 1 fully saturated rings. The number of carbonyl (C=O) groups excluding carboxylic acids is 1. The molecule has 0 bridgehead atoms. The summed E-state index contributed by atoms with van der Waals surface area (Å²) in [5.74, 6) is 0.707. The minimum absolute atomic E-state index is 0.148. The molecule has 7 nitrogen and oxygen atoms in total. The number of piperazine rings is 1. The van der Waals surface area contributed by atoms with E-state index in [2.05, 4.69) is 20.5 Å². The lowest BCUT2D eigenvalue weighted by Gasteiger charge is -2.26. The molecule has 2 aliphatic rings. The number of nitrogens with one attached hydrogen (secondary N) is 2. The molecule has 3 heterocycles. The quantitative estimate of drug-likeness (QED) is 0.617. The number of fused-ring (bicyclic) bond motifs is 3. The van der Waals surface area contributed by atoms with Gasteiger partial charge < -0.3 is 10.6 Å². The van der Waals surface area contributed by atoms with Gasteiger partial charge in [-0.1, -0.05) is 12.1 Å². The van der Waals surface area contributed by atoms with Crippen LogP contribution in [-0.2, 0) is 30.6 Å². The third-order valence-electron chi connectivity index (χ3n) is 5.66. The van der Waals surface area contributed by atoms with E-state index in [0.29, 0.717) is 12.4 Å². The highest BCUT2D eigenvalue weighted by molar-refractivity contribution is 7.12. The van der Waals surface area contributed by atoms with Crippen molar-refractivity contribution < 1.29 is 4.79 Å². The number of carbonyl (C=O) groups is 1. The Morgan fingerprint density at radius 1 is 1.19 bits per heavy atom. The molecule has 0 atom stereocenters. The number of hydrogen-bond acceptors (Lipinski definition) is 8. The molecular formula is C23H26N6OS. The molecule has 5 rings (SSSR count). The average molecular weight is 435 g/mol. The van der Waals surface area contributed by atoms with Crippen LogP contribution >= 0.6 is 11.3 Å². The van der Waals surface area contributed by atoms with Crippen molar-refractivity contribution in [2.24, 2.45) is 0 Å². The van der Waals surface area contributed by atoms with Crippen LogP contribution in [0, 0.1) is 0 Å². The Kier molecular flexibility index (Phi) is 5.76. The molecule has 2 N–H and O–H groups in total. The van der Waals surface area contributed by atoms with Crippen molar-refractivity contribution in [3.05, 3.63) is 51.5 Å². The Morgan fingerprint density at radius 3 is 2.90 bits per heavy atom. The molecule has 8 heteroatoms. The number of aryl methyl sites for hydroxylation is 2. The Morgan fingerprint density at radius 2 is 2.06 bits per heavy atom. The summed E-state index contributed by atoms with van der Waals surface area (Å²) < 4.78 is 0. The number of aromatic nitrogens is 3. The van der Waals surface area contributed by atoms with Gasteiger partial charge in [0.1, 0.15) is 16.5 Å². The van der Waals surface area contributed by atoms with Crippen LogP contribution in [0.3, 0.4) is 0 Å². The Balaban J connectivity index is 1.37. The highest BCUT2D eigenvalue weighted by Crippen LogP contribution is 2.36. The first-order valence-corrected chi connectivity index (χ1v) is 11.6. The molecule has 0 unspecified atom stereocenters. The zero-order chi connectivity index (χ0) is 21.2. The van der Waals surface area contributed by atoms with Gasteiger partial charge in [-0.05, 0) is 43.0 Å². The molecule has 0 saturated carbocycles. The molecular weight excluding hydrogens is 408 g/mol. The van der Waals surface area contributed by atoms with E-state index in [1.54, 1.807) is 6.92 Å². The van der Waals surface area contributed by atoms with E-state index in [4.69, 9.17) is 9.97 Å². The Labute approximate surface area is 186 Å². The van der Waals surface area contributed by atoms with Crippen molar-refractivity contribution in [3.8, 4) is 11.4 Å². The van der Waals surface area contributed by atoms with Gasteiger partial charge in [0.2, 0.25) is 5.95 Å². The Hall–Kier alpha value is -2.68. The van der Waals surface area contributed by atoms with E-state index < -0.39 is 0 Å². The lowest BCUT2D eigenvalue weighted by molar-refractivity contribution is -0.116. The van der Waals surface area contributed by atoms with E-state index in [1.165, 1.54) is 9.88 Å². The standard InChI is InChI=1S/C23H26N6OS/c1-15(30)11-16-3-2-4-18(12-16)26-23-25-13-17-5-6-19-22(21(17)28-23)27-20(31-19)14-29-9-7-24-8-10-29/h2-4,12-13,24H,5-11,14H2,1H3,(H,25,26,28). The summed E-state index contributed by atoms with van der Waals surface area (Å²) in [6.45, 7) is 6.75. The molecule has 0 radical (unpaired) electrons. The zero-order valence-electron chi connectivity index (χ0n) is 17.6. The van der Waals surface area contributed by atoms with Crippen LogP contribution in [-0.4, -0.2) is 51.8 Å². The predicted octanol–water partition coefficient (Wildman–Crippen LogP) is 2.98. The zero-order valence-corrected chi connectivity index (χ0v) is 18.5. The summed E-state index contributed by atoms with van der Waals surface area (Å²) in [7, 11) is 0. The number of hydrogen-bond donors (Lipinski definition) is 2. The molecule has 3 aromatic rings. The number of nitrogens with zero attached hydrogens (tertiary/aromatic N) is 4. The lowest BCUT2D eigenvalue weighted by atomic mass is 10.00. The summed E-state index contributed by atoms with van der Waals surface area (Å²) in [4.78, 5) is 29.6. The molecule has 160 valence electrons. The minimum Gasteiger partial charge on any atom is -0.324 e.